The quantitative estimate of drug-likeness (QED) is 0.895. The number of halogens is 3. The van der Waals surface area contributed by atoms with Crippen LogP contribution in [-0.2, 0) is 4.79 Å². The Labute approximate surface area is 114 Å². The lowest BCUT2D eigenvalue weighted by atomic mass is 10.1. The Morgan fingerprint density at radius 2 is 1.85 bits per heavy atom. The van der Waals surface area contributed by atoms with Crippen LogP contribution in [0.5, 0.6) is 0 Å². The molecule has 0 aliphatic carbocycles. The Balaban J connectivity index is 2.94. The van der Waals surface area contributed by atoms with Gasteiger partial charge in [-0.25, -0.2) is 0 Å². The van der Waals surface area contributed by atoms with Crippen LogP contribution in [0.4, 0.5) is 18.9 Å². The van der Waals surface area contributed by atoms with Crippen molar-refractivity contribution in [3.63, 3.8) is 0 Å². The van der Waals surface area contributed by atoms with E-state index < -0.39 is 18.0 Å². The van der Waals surface area contributed by atoms with Gasteiger partial charge in [-0.2, -0.15) is 13.2 Å². The van der Waals surface area contributed by atoms with Crippen molar-refractivity contribution in [2.45, 2.75) is 32.5 Å². The molecule has 0 aliphatic rings. The van der Waals surface area contributed by atoms with Gasteiger partial charge in [-0.1, -0.05) is 19.1 Å². The summed E-state index contributed by atoms with van der Waals surface area (Å²) in [5, 5.41) is 4.32. The molecule has 0 heterocycles. The second kappa shape index (κ2) is 6.40. The van der Waals surface area contributed by atoms with Crippen molar-refractivity contribution in [2.75, 3.05) is 5.32 Å². The van der Waals surface area contributed by atoms with Gasteiger partial charge in [-0.15, -0.1) is 0 Å². The zero-order chi connectivity index (χ0) is 15.3. The van der Waals surface area contributed by atoms with Gasteiger partial charge in [-0.3, -0.25) is 9.59 Å². The molecule has 0 radical (unpaired) electrons. The number of carbonyl (C=O) groups is 2. The maximum Gasteiger partial charge on any atom is 0.471 e. The van der Waals surface area contributed by atoms with Crippen molar-refractivity contribution in [3.8, 4) is 0 Å². The van der Waals surface area contributed by atoms with Crippen molar-refractivity contribution < 1.29 is 22.8 Å². The van der Waals surface area contributed by atoms with Crippen molar-refractivity contribution in [2.24, 2.45) is 0 Å². The largest absolute Gasteiger partial charge is 0.471 e. The molecule has 7 heteroatoms. The van der Waals surface area contributed by atoms with E-state index in [1.54, 1.807) is 12.2 Å². The Morgan fingerprint density at radius 1 is 1.25 bits per heavy atom. The van der Waals surface area contributed by atoms with E-state index >= 15 is 0 Å². The van der Waals surface area contributed by atoms with E-state index in [1.165, 1.54) is 24.3 Å². The van der Waals surface area contributed by atoms with Gasteiger partial charge in [0, 0.05) is 6.04 Å². The molecule has 0 fully saturated rings. The molecule has 0 saturated heterocycles. The fraction of sp³-hybridized carbons (Fsp3) is 0.385. The van der Waals surface area contributed by atoms with Crippen LogP contribution in [0.3, 0.4) is 0 Å². The lowest BCUT2D eigenvalue weighted by molar-refractivity contribution is -0.167. The first-order valence-electron chi connectivity index (χ1n) is 6.03. The highest BCUT2D eigenvalue weighted by Crippen LogP contribution is 2.21. The Morgan fingerprint density at radius 3 is 2.40 bits per heavy atom. The smallest absolute Gasteiger partial charge is 0.350 e. The number of benzene rings is 1. The summed E-state index contributed by atoms with van der Waals surface area (Å²) >= 11 is 0. The minimum Gasteiger partial charge on any atom is -0.350 e. The normalized spacial score (nSPS) is 12.7. The van der Waals surface area contributed by atoms with E-state index in [0.717, 1.165) is 0 Å². The third-order valence-corrected chi connectivity index (χ3v) is 2.67. The summed E-state index contributed by atoms with van der Waals surface area (Å²) < 4.78 is 36.7. The molecule has 1 aromatic rings. The van der Waals surface area contributed by atoms with Gasteiger partial charge in [-0.05, 0) is 25.5 Å². The predicted molar refractivity (Wildman–Crippen MR) is 68.3 cm³/mol. The molecule has 1 unspecified atom stereocenters. The van der Waals surface area contributed by atoms with Crippen molar-refractivity contribution >= 4 is 17.5 Å². The van der Waals surface area contributed by atoms with Crippen LogP contribution in [-0.4, -0.2) is 24.0 Å². The van der Waals surface area contributed by atoms with Crippen LogP contribution in [0, 0.1) is 0 Å². The zero-order valence-corrected chi connectivity index (χ0v) is 11.0. The summed E-state index contributed by atoms with van der Waals surface area (Å²) in [6.45, 7) is 3.64. The van der Waals surface area contributed by atoms with Crippen LogP contribution in [0.1, 0.15) is 30.6 Å². The van der Waals surface area contributed by atoms with Gasteiger partial charge < -0.3 is 10.6 Å². The van der Waals surface area contributed by atoms with Crippen molar-refractivity contribution in [1.29, 1.82) is 0 Å². The van der Waals surface area contributed by atoms with Gasteiger partial charge in [0.05, 0.1) is 11.3 Å². The van der Waals surface area contributed by atoms with Crippen LogP contribution >= 0.6 is 0 Å². The van der Waals surface area contributed by atoms with Crippen LogP contribution < -0.4 is 10.6 Å². The third kappa shape index (κ3) is 4.25. The number of para-hydroxylation sites is 1. The number of hydrogen-bond acceptors (Lipinski definition) is 2. The summed E-state index contributed by atoms with van der Waals surface area (Å²) in [5.74, 6) is -2.64. The fourth-order valence-electron chi connectivity index (χ4n) is 1.39. The molecule has 4 nitrogen and oxygen atoms in total. The Kier molecular flexibility index (Phi) is 5.12. The van der Waals surface area contributed by atoms with E-state index in [4.69, 9.17) is 0 Å². The second-order valence-corrected chi connectivity index (χ2v) is 4.28. The van der Waals surface area contributed by atoms with E-state index in [9.17, 15) is 22.8 Å². The Hall–Kier alpha value is -2.05. The predicted octanol–water partition coefficient (Wildman–Crippen LogP) is 2.72. The molecular weight excluding hydrogens is 273 g/mol. The average molecular weight is 288 g/mol. The van der Waals surface area contributed by atoms with Crippen molar-refractivity contribution in [1.82, 2.24) is 5.32 Å². The van der Waals surface area contributed by atoms with Gasteiger partial charge in [0.25, 0.3) is 5.91 Å². The number of amides is 2. The minimum atomic E-state index is -5.00. The van der Waals surface area contributed by atoms with Gasteiger partial charge in [0.1, 0.15) is 0 Å². The van der Waals surface area contributed by atoms with E-state index in [0.29, 0.717) is 6.42 Å². The molecule has 20 heavy (non-hydrogen) atoms. The maximum absolute atomic E-state index is 12.2. The number of rotatable bonds is 4. The molecular formula is C13H15F3N2O2. The topological polar surface area (TPSA) is 58.2 Å². The summed E-state index contributed by atoms with van der Waals surface area (Å²) in [7, 11) is 0. The van der Waals surface area contributed by atoms with E-state index in [-0.39, 0.29) is 17.3 Å². The summed E-state index contributed by atoms with van der Waals surface area (Å²) in [6, 6.07) is 5.42. The van der Waals surface area contributed by atoms with E-state index in [1.807, 2.05) is 6.92 Å². The lowest BCUT2D eigenvalue weighted by Crippen LogP contribution is -2.34. The Bertz CT molecular complexity index is 501. The molecule has 2 N–H and O–H groups in total. The SMILES string of the molecule is CCC(C)NC(=O)c1ccccc1NC(=O)C(F)(F)F. The monoisotopic (exact) mass is 288 g/mol. The molecule has 1 atom stereocenters. The fourth-order valence-corrected chi connectivity index (χ4v) is 1.39. The molecule has 0 saturated carbocycles. The molecule has 110 valence electrons. The van der Waals surface area contributed by atoms with Crippen LogP contribution in [0.15, 0.2) is 24.3 Å². The zero-order valence-electron chi connectivity index (χ0n) is 11.0. The molecule has 0 aromatic heterocycles. The van der Waals surface area contributed by atoms with Crippen LogP contribution in [0.25, 0.3) is 0 Å². The molecule has 0 spiro atoms. The minimum absolute atomic E-state index is 0.00889. The van der Waals surface area contributed by atoms with Gasteiger partial charge >= 0.3 is 12.1 Å². The van der Waals surface area contributed by atoms with Crippen molar-refractivity contribution in [3.05, 3.63) is 29.8 Å². The molecule has 0 aliphatic heterocycles. The highest BCUT2D eigenvalue weighted by Gasteiger charge is 2.39. The first kappa shape index (κ1) is 16.0. The first-order valence-corrected chi connectivity index (χ1v) is 6.03. The first-order chi connectivity index (χ1) is 9.25. The lowest BCUT2D eigenvalue weighted by Gasteiger charge is -2.15. The molecule has 1 aromatic carbocycles. The van der Waals surface area contributed by atoms with E-state index in [2.05, 4.69) is 5.32 Å². The number of alkyl halides is 3. The van der Waals surface area contributed by atoms with Gasteiger partial charge in [0.2, 0.25) is 0 Å². The van der Waals surface area contributed by atoms with Gasteiger partial charge in [0.15, 0.2) is 0 Å². The highest BCUT2D eigenvalue weighted by atomic mass is 19.4. The molecule has 2 amide bonds. The number of nitrogens with one attached hydrogen (secondary N) is 2. The summed E-state index contributed by atoms with van der Waals surface area (Å²) in [6.07, 6.45) is -4.32. The molecule has 0 bridgehead atoms. The molecule has 1 rings (SSSR count). The maximum atomic E-state index is 12.2. The number of anilines is 1. The highest BCUT2D eigenvalue weighted by molar-refractivity contribution is 6.04. The standard InChI is InChI=1S/C13H15F3N2O2/c1-3-8(2)17-11(19)9-6-4-5-7-10(9)18-12(20)13(14,15)16/h4-8H,3H2,1-2H3,(H,17,19)(H,18,20). The third-order valence-electron chi connectivity index (χ3n) is 2.67. The summed E-state index contributed by atoms with van der Waals surface area (Å²) in [4.78, 5) is 22.8. The second-order valence-electron chi connectivity index (χ2n) is 4.28. The number of hydrogen-bond donors (Lipinski definition) is 2. The summed E-state index contributed by atoms with van der Waals surface area (Å²) in [5.41, 5.74) is -0.180. The average Bonchev–Trinajstić information content (AvgIpc) is 2.37. The van der Waals surface area contributed by atoms with Crippen LogP contribution in [0.2, 0.25) is 0 Å². The number of carbonyl (C=O) groups excluding carboxylic acids is 2.